The molecular weight excluding hydrogens is 260 g/mol. The largest absolute Gasteiger partial charge is 0.493 e. The fraction of sp³-hybridized carbons (Fsp3) is 0.273. The number of halogens is 1. The summed E-state index contributed by atoms with van der Waals surface area (Å²) in [6, 6.07) is 3.57. The van der Waals surface area contributed by atoms with E-state index in [0.717, 1.165) is 5.56 Å². The van der Waals surface area contributed by atoms with Gasteiger partial charge in [-0.05, 0) is 17.0 Å². The third kappa shape index (κ3) is 2.57. The highest BCUT2D eigenvalue weighted by Crippen LogP contribution is 2.37. The molecule has 0 radical (unpaired) electrons. The van der Waals surface area contributed by atoms with Crippen molar-refractivity contribution in [1.29, 1.82) is 0 Å². The van der Waals surface area contributed by atoms with Crippen molar-refractivity contribution in [3.63, 3.8) is 0 Å². The zero-order chi connectivity index (χ0) is 11.3. The predicted octanol–water partition coefficient (Wildman–Crippen LogP) is 2.42. The van der Waals surface area contributed by atoms with Gasteiger partial charge in [0, 0.05) is 21.5 Å². The van der Waals surface area contributed by atoms with Crippen molar-refractivity contribution in [2.45, 2.75) is 0 Å². The molecule has 1 aromatic rings. The molecule has 0 atom stereocenters. The topological polar surface area (TPSA) is 27.7 Å². The predicted molar refractivity (Wildman–Crippen MR) is 61.9 cm³/mol. The van der Waals surface area contributed by atoms with Crippen LogP contribution >= 0.6 is 15.9 Å². The molecule has 0 heterocycles. The zero-order valence-corrected chi connectivity index (χ0v) is 10.3. The van der Waals surface area contributed by atoms with Gasteiger partial charge in [-0.2, -0.15) is 0 Å². The second kappa shape index (κ2) is 5.52. The zero-order valence-electron chi connectivity index (χ0n) is 8.76. The van der Waals surface area contributed by atoms with Crippen molar-refractivity contribution in [2.24, 2.45) is 0 Å². The van der Waals surface area contributed by atoms with Crippen molar-refractivity contribution in [3.05, 3.63) is 17.7 Å². The van der Waals surface area contributed by atoms with Gasteiger partial charge in [0.1, 0.15) is 0 Å². The van der Waals surface area contributed by atoms with Crippen LogP contribution in [0, 0.1) is 10.8 Å². The Hall–Kier alpha value is -1.34. The van der Waals surface area contributed by atoms with Gasteiger partial charge in [-0.25, -0.2) is 0 Å². The van der Waals surface area contributed by atoms with Crippen LogP contribution in [0.1, 0.15) is 5.56 Å². The maximum atomic E-state index is 5.18. The number of hydrogen-bond acceptors (Lipinski definition) is 3. The van der Waals surface area contributed by atoms with Crippen LogP contribution in [0.3, 0.4) is 0 Å². The van der Waals surface area contributed by atoms with Crippen LogP contribution in [0.15, 0.2) is 12.1 Å². The van der Waals surface area contributed by atoms with Crippen LogP contribution in [0.2, 0.25) is 0 Å². The summed E-state index contributed by atoms with van der Waals surface area (Å²) in [7, 11) is 4.71. The van der Waals surface area contributed by atoms with Crippen LogP contribution in [0.5, 0.6) is 17.2 Å². The highest BCUT2D eigenvalue weighted by atomic mass is 79.9. The molecule has 0 saturated heterocycles. The highest BCUT2D eigenvalue weighted by Gasteiger charge is 2.11. The number of hydrogen-bond donors (Lipinski definition) is 0. The summed E-state index contributed by atoms with van der Waals surface area (Å²) in [5.74, 6) is 4.63. The minimum absolute atomic E-state index is 0.570. The molecule has 80 valence electrons. The van der Waals surface area contributed by atoms with Crippen molar-refractivity contribution in [1.82, 2.24) is 0 Å². The van der Waals surface area contributed by atoms with Crippen LogP contribution in [0.25, 0.3) is 0 Å². The number of ether oxygens (including phenoxy) is 3. The van der Waals surface area contributed by atoms with Gasteiger partial charge in [0.2, 0.25) is 5.75 Å². The molecule has 4 heteroatoms. The lowest BCUT2D eigenvalue weighted by atomic mass is 10.2. The Balaban J connectivity index is 3.33. The average molecular weight is 271 g/mol. The summed E-state index contributed by atoms with van der Waals surface area (Å²) >= 11 is 3.04. The Kier molecular flexibility index (Phi) is 4.32. The fourth-order valence-corrected chi connectivity index (χ4v) is 1.44. The lowest BCUT2D eigenvalue weighted by Gasteiger charge is -2.12. The molecule has 0 unspecified atom stereocenters. The molecule has 0 spiro atoms. The lowest BCUT2D eigenvalue weighted by Crippen LogP contribution is -1.95. The maximum Gasteiger partial charge on any atom is 0.203 e. The molecule has 1 rings (SSSR count). The molecule has 0 aliphatic carbocycles. The molecule has 0 fully saturated rings. The highest BCUT2D eigenvalue weighted by molar-refractivity contribution is 9.12. The number of methoxy groups -OCH3 is 3. The minimum atomic E-state index is 0.570. The Morgan fingerprint density at radius 1 is 1.00 bits per heavy atom. The van der Waals surface area contributed by atoms with Gasteiger partial charge in [0.15, 0.2) is 11.5 Å². The second-order valence-corrected chi connectivity index (χ2v) is 3.03. The van der Waals surface area contributed by atoms with Gasteiger partial charge in [0.25, 0.3) is 0 Å². The number of rotatable bonds is 3. The molecular formula is C11H11BrO3. The summed E-state index contributed by atoms with van der Waals surface area (Å²) in [4.78, 5) is 2.63. The minimum Gasteiger partial charge on any atom is -0.493 e. The van der Waals surface area contributed by atoms with Crippen molar-refractivity contribution in [3.8, 4) is 28.0 Å². The van der Waals surface area contributed by atoms with Crippen LogP contribution < -0.4 is 14.2 Å². The third-order valence-corrected chi connectivity index (χ3v) is 2.05. The summed E-state index contributed by atoms with van der Waals surface area (Å²) in [6.45, 7) is 0. The Bertz CT molecular complexity index is 379. The first-order valence-corrected chi connectivity index (χ1v) is 4.97. The third-order valence-electron chi connectivity index (χ3n) is 1.86. The van der Waals surface area contributed by atoms with Crippen molar-refractivity contribution >= 4 is 15.9 Å². The van der Waals surface area contributed by atoms with Gasteiger partial charge in [-0.1, -0.05) is 5.92 Å². The Labute approximate surface area is 97.5 Å². The molecule has 0 N–H and O–H groups in total. The van der Waals surface area contributed by atoms with Gasteiger partial charge in [0.05, 0.1) is 21.3 Å². The first-order chi connectivity index (χ1) is 7.26. The summed E-state index contributed by atoms with van der Waals surface area (Å²) in [5, 5.41) is 0. The van der Waals surface area contributed by atoms with E-state index in [1.165, 1.54) is 0 Å². The molecule has 3 nitrogen and oxygen atoms in total. The van der Waals surface area contributed by atoms with Gasteiger partial charge >= 0.3 is 0 Å². The maximum absolute atomic E-state index is 5.18. The summed E-state index contributed by atoms with van der Waals surface area (Å²) in [6.07, 6.45) is 0. The Morgan fingerprint density at radius 3 is 1.87 bits per heavy atom. The van der Waals surface area contributed by atoms with Crippen molar-refractivity contribution in [2.75, 3.05) is 21.3 Å². The monoisotopic (exact) mass is 270 g/mol. The fourth-order valence-electron chi connectivity index (χ4n) is 1.21. The van der Waals surface area contributed by atoms with E-state index in [0.29, 0.717) is 17.2 Å². The molecule has 0 aliphatic heterocycles. The van der Waals surface area contributed by atoms with Gasteiger partial charge in [-0.15, -0.1) is 0 Å². The number of benzene rings is 1. The molecule has 0 amide bonds. The smallest absolute Gasteiger partial charge is 0.203 e. The molecule has 15 heavy (non-hydrogen) atoms. The van der Waals surface area contributed by atoms with E-state index in [9.17, 15) is 0 Å². The summed E-state index contributed by atoms with van der Waals surface area (Å²) in [5.41, 5.74) is 0.793. The van der Waals surface area contributed by atoms with E-state index in [-0.39, 0.29) is 0 Å². The van der Waals surface area contributed by atoms with E-state index >= 15 is 0 Å². The normalized spacial score (nSPS) is 8.80. The SMILES string of the molecule is COc1cc(C#CBr)cc(OC)c1OC. The van der Waals surface area contributed by atoms with E-state index in [4.69, 9.17) is 14.2 Å². The molecule has 0 aromatic heterocycles. The quantitative estimate of drug-likeness (QED) is 0.790. The lowest BCUT2D eigenvalue weighted by molar-refractivity contribution is 0.324. The average Bonchev–Trinajstić information content (AvgIpc) is 2.28. The van der Waals surface area contributed by atoms with E-state index in [1.807, 2.05) is 0 Å². The summed E-state index contributed by atoms with van der Waals surface area (Å²) < 4.78 is 15.5. The molecule has 1 aromatic carbocycles. The molecule has 0 bridgehead atoms. The second-order valence-electron chi connectivity index (χ2n) is 2.63. The van der Waals surface area contributed by atoms with E-state index < -0.39 is 0 Å². The Morgan fingerprint density at radius 2 is 1.53 bits per heavy atom. The van der Waals surface area contributed by atoms with Crippen LogP contribution in [0.4, 0.5) is 0 Å². The standard InChI is InChI=1S/C11H11BrO3/c1-13-9-6-8(4-5-12)7-10(14-2)11(9)15-3/h6-7H,1-3H3. The van der Waals surface area contributed by atoms with Crippen molar-refractivity contribution < 1.29 is 14.2 Å². The van der Waals surface area contributed by atoms with Gasteiger partial charge in [-0.3, -0.25) is 0 Å². The first-order valence-electron chi connectivity index (χ1n) is 4.18. The molecule has 0 aliphatic rings. The molecule has 0 saturated carbocycles. The van der Waals surface area contributed by atoms with E-state index in [2.05, 4.69) is 26.7 Å². The first kappa shape index (κ1) is 11.7. The van der Waals surface area contributed by atoms with E-state index in [1.54, 1.807) is 33.5 Å². The van der Waals surface area contributed by atoms with Crippen LogP contribution in [-0.4, -0.2) is 21.3 Å². The van der Waals surface area contributed by atoms with Gasteiger partial charge < -0.3 is 14.2 Å². The van der Waals surface area contributed by atoms with Crippen LogP contribution in [-0.2, 0) is 0 Å².